The van der Waals surface area contributed by atoms with Crippen LogP contribution in [0.15, 0.2) is 60.7 Å². The van der Waals surface area contributed by atoms with Crippen LogP contribution in [0.4, 0.5) is 0 Å². The lowest BCUT2D eigenvalue weighted by Gasteiger charge is -2.37. The summed E-state index contributed by atoms with van der Waals surface area (Å²) < 4.78 is 12.9. The molecule has 0 N–H and O–H groups in total. The minimum absolute atomic E-state index is 0.0647. The first-order valence-corrected chi connectivity index (χ1v) is 10.7. The van der Waals surface area contributed by atoms with Gasteiger partial charge in [-0.05, 0) is 38.8 Å². The summed E-state index contributed by atoms with van der Waals surface area (Å²) in [5.41, 5.74) is 0.588. The predicted octanol–water partition coefficient (Wildman–Crippen LogP) is 5.43. The number of rotatable bonds is 5. The average Bonchev–Trinajstić information content (AvgIpc) is 2.88. The first kappa shape index (κ1) is 22.6. The second kappa shape index (κ2) is 8.20. The second-order valence-corrected chi connectivity index (χ2v) is 10.1. The van der Waals surface area contributed by atoms with Crippen LogP contribution in [-0.2, 0) is 20.6 Å². The number of hydrogen-bond donors (Lipinski definition) is 0. The fourth-order valence-corrected chi connectivity index (χ4v) is 3.66. The average molecular weight is 407 g/mol. The van der Waals surface area contributed by atoms with E-state index in [1.165, 1.54) is 0 Å². The molecule has 0 radical (unpaired) electrons. The highest BCUT2D eigenvalue weighted by Gasteiger charge is 2.56. The van der Waals surface area contributed by atoms with Crippen LogP contribution >= 0.6 is 0 Å². The molecule has 160 valence electrons. The third-order valence-electron chi connectivity index (χ3n) is 6.10. The quantitative estimate of drug-likeness (QED) is 0.620. The number of benzene rings is 2. The van der Waals surface area contributed by atoms with Crippen molar-refractivity contribution < 1.29 is 14.1 Å². The van der Waals surface area contributed by atoms with Gasteiger partial charge in [0.15, 0.2) is 0 Å². The van der Waals surface area contributed by atoms with E-state index in [1.54, 1.807) is 0 Å². The van der Waals surface area contributed by atoms with Gasteiger partial charge in [-0.2, -0.15) is 0 Å². The first-order chi connectivity index (χ1) is 13.9. The van der Waals surface area contributed by atoms with Gasteiger partial charge in [0.25, 0.3) is 0 Å². The molecule has 0 spiro atoms. The third-order valence-corrected chi connectivity index (χ3v) is 6.10. The second-order valence-electron chi connectivity index (χ2n) is 10.1. The molecule has 2 aromatic carbocycles. The van der Waals surface area contributed by atoms with Gasteiger partial charge in [-0.1, -0.05) is 81.4 Å². The van der Waals surface area contributed by atoms with E-state index in [2.05, 4.69) is 12.1 Å². The summed E-state index contributed by atoms with van der Waals surface area (Å²) >= 11 is 0. The van der Waals surface area contributed by atoms with Gasteiger partial charge in [0.1, 0.15) is 0 Å². The predicted molar refractivity (Wildman–Crippen MR) is 122 cm³/mol. The molecule has 1 atom stereocenters. The molecule has 1 aliphatic rings. The van der Waals surface area contributed by atoms with Crippen molar-refractivity contribution in [2.24, 2.45) is 5.41 Å². The minimum atomic E-state index is -0.563. The Hall–Kier alpha value is -2.11. The van der Waals surface area contributed by atoms with Crippen molar-refractivity contribution in [2.75, 3.05) is 0 Å². The van der Waals surface area contributed by atoms with Crippen molar-refractivity contribution in [3.05, 3.63) is 71.8 Å². The number of hydrogen-bond acceptors (Lipinski definition) is 3. The van der Waals surface area contributed by atoms with Crippen molar-refractivity contribution in [1.82, 2.24) is 4.90 Å². The molecule has 0 saturated carbocycles. The van der Waals surface area contributed by atoms with Gasteiger partial charge >= 0.3 is 7.12 Å². The Labute approximate surface area is 181 Å². The summed E-state index contributed by atoms with van der Waals surface area (Å²) in [4.78, 5) is 15.6. The van der Waals surface area contributed by atoms with Gasteiger partial charge in [0.2, 0.25) is 5.91 Å². The summed E-state index contributed by atoms with van der Waals surface area (Å²) in [6.45, 7) is 14.5. The lowest BCUT2D eigenvalue weighted by atomic mass is 9.72. The molecule has 1 aliphatic heterocycles. The molecule has 0 aliphatic carbocycles. The molecular weight excluding hydrogens is 373 g/mol. The fraction of sp³-hybridized carbons (Fsp3) is 0.480. The van der Waals surface area contributed by atoms with Crippen LogP contribution in [0.5, 0.6) is 0 Å². The van der Waals surface area contributed by atoms with E-state index in [9.17, 15) is 4.79 Å². The maximum atomic E-state index is 13.7. The standard InChI is InChI=1S/C25H34BNO3/c1-23(2,3)22(28)27(18-19-14-10-8-11-15-19)21(20-16-12-9-13-17-20)26-29-24(4,5)25(6,7)30-26/h8-17,21H,18H2,1-7H3. The van der Waals surface area contributed by atoms with Crippen molar-refractivity contribution in [3.63, 3.8) is 0 Å². The lowest BCUT2D eigenvalue weighted by molar-refractivity contribution is -0.141. The van der Waals surface area contributed by atoms with Crippen molar-refractivity contribution >= 4 is 13.0 Å². The van der Waals surface area contributed by atoms with Gasteiger partial charge < -0.3 is 14.2 Å². The Morgan fingerprint density at radius 2 is 1.37 bits per heavy atom. The summed E-state index contributed by atoms with van der Waals surface area (Å²) in [5, 5.41) is 0. The number of carbonyl (C=O) groups excluding carboxylic acids is 1. The number of amides is 1. The molecule has 1 fully saturated rings. The van der Waals surface area contributed by atoms with Crippen molar-refractivity contribution in [3.8, 4) is 0 Å². The van der Waals surface area contributed by atoms with E-state index in [4.69, 9.17) is 9.31 Å². The molecule has 3 rings (SSSR count). The topological polar surface area (TPSA) is 38.8 Å². The van der Waals surface area contributed by atoms with Gasteiger partial charge in [0.05, 0.1) is 17.1 Å². The van der Waals surface area contributed by atoms with E-state index in [-0.39, 0.29) is 11.8 Å². The Balaban J connectivity index is 2.09. The highest BCUT2D eigenvalue weighted by atomic mass is 16.7. The Bertz CT molecular complexity index is 843. The smallest absolute Gasteiger partial charge is 0.402 e. The van der Waals surface area contributed by atoms with Crippen LogP contribution in [0.2, 0.25) is 0 Å². The highest BCUT2D eigenvalue weighted by Crippen LogP contribution is 2.43. The molecule has 0 aromatic heterocycles. The molecule has 1 saturated heterocycles. The van der Waals surface area contributed by atoms with Crippen molar-refractivity contribution in [1.29, 1.82) is 0 Å². The van der Waals surface area contributed by atoms with E-state index >= 15 is 0 Å². The summed E-state index contributed by atoms with van der Waals surface area (Å²) in [6.07, 6.45) is 0. The van der Waals surface area contributed by atoms with Gasteiger partial charge in [0, 0.05) is 12.0 Å². The van der Waals surface area contributed by atoms with Crippen LogP contribution in [0.3, 0.4) is 0 Å². The van der Waals surface area contributed by atoms with Crippen molar-refractivity contribution in [2.45, 2.75) is 72.2 Å². The van der Waals surface area contributed by atoms with E-state index in [0.717, 1.165) is 11.1 Å². The molecule has 1 unspecified atom stereocenters. The van der Waals surface area contributed by atoms with Crippen LogP contribution in [-0.4, -0.2) is 29.1 Å². The van der Waals surface area contributed by atoms with Crippen LogP contribution < -0.4 is 0 Å². The molecule has 2 aromatic rings. The van der Waals surface area contributed by atoms with E-state index in [0.29, 0.717) is 6.54 Å². The Morgan fingerprint density at radius 3 is 1.83 bits per heavy atom. The zero-order valence-electron chi connectivity index (χ0n) is 19.3. The van der Waals surface area contributed by atoms with Gasteiger partial charge in [-0.15, -0.1) is 0 Å². The van der Waals surface area contributed by atoms with Gasteiger partial charge in [-0.3, -0.25) is 4.79 Å². The molecular formula is C25H34BNO3. The molecule has 1 amide bonds. The first-order valence-electron chi connectivity index (χ1n) is 10.7. The maximum Gasteiger partial charge on any atom is 0.486 e. The van der Waals surface area contributed by atoms with E-state index in [1.807, 2.05) is 102 Å². The normalized spacial score (nSPS) is 18.8. The Kier molecular flexibility index (Phi) is 6.17. The molecule has 1 heterocycles. The zero-order valence-corrected chi connectivity index (χ0v) is 19.3. The number of carbonyl (C=O) groups is 1. The van der Waals surface area contributed by atoms with Crippen LogP contribution in [0.25, 0.3) is 0 Å². The van der Waals surface area contributed by atoms with Gasteiger partial charge in [-0.25, -0.2) is 0 Å². The summed E-state index contributed by atoms with van der Waals surface area (Å²) in [7, 11) is -0.563. The number of nitrogens with zero attached hydrogens (tertiary/aromatic N) is 1. The largest absolute Gasteiger partial charge is 0.486 e. The highest BCUT2D eigenvalue weighted by molar-refractivity contribution is 6.47. The van der Waals surface area contributed by atoms with E-state index < -0.39 is 23.7 Å². The minimum Gasteiger partial charge on any atom is -0.402 e. The molecule has 4 nitrogen and oxygen atoms in total. The summed E-state index contributed by atoms with van der Waals surface area (Å²) in [6, 6.07) is 20.2. The molecule has 5 heteroatoms. The molecule has 0 bridgehead atoms. The zero-order chi connectivity index (χ0) is 22.2. The van der Waals surface area contributed by atoms with Crippen LogP contribution in [0, 0.1) is 5.41 Å². The lowest BCUT2D eigenvalue weighted by Crippen LogP contribution is -2.48. The molecule has 30 heavy (non-hydrogen) atoms. The monoisotopic (exact) mass is 407 g/mol. The maximum absolute atomic E-state index is 13.7. The SMILES string of the molecule is CC(C)(C)C(=O)N(Cc1ccccc1)C(B1OC(C)(C)C(C)(C)O1)c1ccccc1. The fourth-order valence-electron chi connectivity index (χ4n) is 3.66. The Morgan fingerprint density at radius 1 is 0.900 bits per heavy atom. The van der Waals surface area contributed by atoms with Crippen LogP contribution in [0.1, 0.15) is 65.5 Å². The third kappa shape index (κ3) is 4.63. The summed E-state index contributed by atoms with van der Waals surface area (Å²) in [5.74, 6) is -0.297.